The van der Waals surface area contributed by atoms with Crippen molar-refractivity contribution in [2.75, 3.05) is 7.11 Å². The number of aliphatic hydroxyl groups is 1. The van der Waals surface area contributed by atoms with Crippen molar-refractivity contribution in [3.05, 3.63) is 35.6 Å². The molecule has 124 valence electrons. The van der Waals surface area contributed by atoms with E-state index in [-0.39, 0.29) is 22.7 Å². The maximum Gasteiger partial charge on any atom is 0.162 e. The number of fused-ring (bicyclic) bond motifs is 5. The largest absolute Gasteiger partial charge is 0.508 e. The molecule has 6 atom stereocenters. The van der Waals surface area contributed by atoms with Crippen LogP contribution in [0.15, 0.2) is 35.6 Å². The topological polar surface area (TPSA) is 46.5 Å². The summed E-state index contributed by atoms with van der Waals surface area (Å²) in [6.45, 7) is 4.53. The third-order valence-electron chi connectivity index (χ3n) is 7.20. The minimum Gasteiger partial charge on any atom is -0.508 e. The van der Waals surface area contributed by atoms with E-state index in [1.54, 1.807) is 7.11 Å². The maximum atomic E-state index is 12.5. The van der Waals surface area contributed by atoms with Crippen LogP contribution < -0.4 is 0 Å². The van der Waals surface area contributed by atoms with Gasteiger partial charge in [-0.2, -0.15) is 0 Å². The van der Waals surface area contributed by atoms with Gasteiger partial charge in [0.15, 0.2) is 5.78 Å². The van der Waals surface area contributed by atoms with Crippen LogP contribution in [0.1, 0.15) is 39.5 Å². The van der Waals surface area contributed by atoms with Gasteiger partial charge in [0.1, 0.15) is 11.9 Å². The standard InChI is InChI=1S/C20H26O3/c1-19-8-6-13(21)10-12(19)4-5-14-15(19)7-9-20(2)16(14)11-17(22)18(20)23-3/h6-8,10,12,14,16,18,21H,4-5,9,11H2,1-3H3/t12-,14-,16+,18-,19+,20+/m1/s1. The van der Waals surface area contributed by atoms with Gasteiger partial charge in [-0.05, 0) is 49.2 Å². The van der Waals surface area contributed by atoms with E-state index in [2.05, 4.69) is 26.0 Å². The van der Waals surface area contributed by atoms with Gasteiger partial charge >= 0.3 is 0 Å². The monoisotopic (exact) mass is 314 g/mol. The maximum absolute atomic E-state index is 12.5. The number of methoxy groups -OCH3 is 1. The Morgan fingerprint density at radius 1 is 1.30 bits per heavy atom. The highest BCUT2D eigenvalue weighted by Gasteiger charge is 2.59. The highest BCUT2D eigenvalue weighted by molar-refractivity contribution is 5.87. The van der Waals surface area contributed by atoms with Crippen molar-refractivity contribution in [3.8, 4) is 0 Å². The number of hydrogen-bond donors (Lipinski definition) is 1. The minimum atomic E-state index is -0.248. The number of allylic oxidation sites excluding steroid dienone is 5. The molecule has 0 bridgehead atoms. The second-order valence-corrected chi connectivity index (χ2v) is 8.26. The van der Waals surface area contributed by atoms with Crippen molar-refractivity contribution in [1.29, 1.82) is 0 Å². The Balaban J connectivity index is 1.75. The van der Waals surface area contributed by atoms with Gasteiger partial charge in [-0.15, -0.1) is 0 Å². The molecule has 0 heterocycles. The predicted molar refractivity (Wildman–Crippen MR) is 88.9 cm³/mol. The molecule has 4 rings (SSSR count). The lowest BCUT2D eigenvalue weighted by atomic mass is 9.51. The molecule has 3 nitrogen and oxygen atoms in total. The molecule has 0 unspecified atom stereocenters. The number of carbonyl (C=O) groups is 1. The zero-order valence-corrected chi connectivity index (χ0v) is 14.2. The van der Waals surface area contributed by atoms with Gasteiger partial charge < -0.3 is 9.84 Å². The first-order chi connectivity index (χ1) is 10.9. The second kappa shape index (κ2) is 4.83. The van der Waals surface area contributed by atoms with Crippen molar-refractivity contribution >= 4 is 5.78 Å². The van der Waals surface area contributed by atoms with Gasteiger partial charge in [-0.3, -0.25) is 4.79 Å². The molecule has 2 fully saturated rings. The van der Waals surface area contributed by atoms with Crippen LogP contribution in [0.5, 0.6) is 0 Å². The van der Waals surface area contributed by atoms with Crippen LogP contribution in [0.2, 0.25) is 0 Å². The first kappa shape index (κ1) is 15.2. The van der Waals surface area contributed by atoms with Crippen LogP contribution >= 0.6 is 0 Å². The second-order valence-electron chi connectivity index (χ2n) is 8.26. The summed E-state index contributed by atoms with van der Waals surface area (Å²) >= 11 is 0. The van der Waals surface area contributed by atoms with Crippen LogP contribution in [0, 0.1) is 28.6 Å². The summed E-state index contributed by atoms with van der Waals surface area (Å²) in [6, 6.07) is 0. The predicted octanol–water partition coefficient (Wildman–Crippen LogP) is 3.97. The van der Waals surface area contributed by atoms with Gasteiger partial charge in [-0.25, -0.2) is 0 Å². The molecular weight excluding hydrogens is 288 g/mol. The summed E-state index contributed by atoms with van der Waals surface area (Å²) in [5, 5.41) is 9.84. The number of rotatable bonds is 1. The molecule has 0 radical (unpaired) electrons. The van der Waals surface area contributed by atoms with Crippen molar-refractivity contribution < 1.29 is 14.6 Å². The summed E-state index contributed by atoms with van der Waals surface area (Å²) < 4.78 is 5.59. The fourth-order valence-corrected chi connectivity index (χ4v) is 5.92. The molecule has 0 aromatic heterocycles. The lowest BCUT2D eigenvalue weighted by Crippen LogP contribution is -2.47. The highest BCUT2D eigenvalue weighted by Crippen LogP contribution is 2.62. The molecule has 0 saturated heterocycles. The average molecular weight is 314 g/mol. The van der Waals surface area contributed by atoms with E-state index < -0.39 is 0 Å². The van der Waals surface area contributed by atoms with Crippen molar-refractivity contribution in [1.82, 2.24) is 0 Å². The van der Waals surface area contributed by atoms with E-state index in [4.69, 9.17) is 4.74 Å². The normalized spacial score (nSPS) is 48.2. The van der Waals surface area contributed by atoms with Gasteiger partial charge in [-0.1, -0.05) is 31.6 Å². The van der Waals surface area contributed by atoms with Crippen molar-refractivity contribution in [2.45, 2.75) is 45.6 Å². The third kappa shape index (κ3) is 1.89. The summed E-state index contributed by atoms with van der Waals surface area (Å²) in [4.78, 5) is 12.5. The number of hydrogen-bond acceptors (Lipinski definition) is 3. The first-order valence-electron chi connectivity index (χ1n) is 8.76. The Bertz CT molecular complexity index is 643. The molecule has 0 amide bonds. The molecular formula is C20H26O3. The molecule has 3 heteroatoms. The molecule has 4 aliphatic carbocycles. The summed E-state index contributed by atoms with van der Waals surface area (Å²) in [7, 11) is 1.67. The first-order valence-corrected chi connectivity index (χ1v) is 8.76. The minimum absolute atomic E-state index is 0.00924. The molecule has 0 aromatic carbocycles. The third-order valence-corrected chi connectivity index (χ3v) is 7.20. The summed E-state index contributed by atoms with van der Waals surface area (Å²) in [6.07, 6.45) is 11.9. The molecule has 0 spiro atoms. The SMILES string of the molecule is CO[C@@H]1C(=O)C[C@H]2[C@@H]3CC[C@@H]4C=C(O)C=C[C@]4(C)C3=CC[C@]12C. The quantitative estimate of drug-likeness (QED) is 0.745. The Labute approximate surface area is 138 Å². The van der Waals surface area contributed by atoms with Gasteiger partial charge in [0.2, 0.25) is 0 Å². The molecule has 23 heavy (non-hydrogen) atoms. The van der Waals surface area contributed by atoms with Crippen molar-refractivity contribution in [3.63, 3.8) is 0 Å². The zero-order valence-electron chi connectivity index (χ0n) is 14.2. The van der Waals surface area contributed by atoms with E-state index in [1.807, 2.05) is 12.2 Å². The Morgan fingerprint density at radius 3 is 2.83 bits per heavy atom. The average Bonchev–Trinajstić information content (AvgIpc) is 2.77. The summed E-state index contributed by atoms with van der Waals surface area (Å²) in [5.74, 6) is 1.90. The van der Waals surface area contributed by atoms with Crippen molar-refractivity contribution in [2.24, 2.45) is 28.6 Å². The van der Waals surface area contributed by atoms with Crippen LogP contribution in [0.3, 0.4) is 0 Å². The number of ether oxygens (including phenoxy) is 1. The van der Waals surface area contributed by atoms with Gasteiger partial charge in [0.05, 0.1) is 0 Å². The van der Waals surface area contributed by atoms with Crippen LogP contribution in [-0.4, -0.2) is 24.1 Å². The smallest absolute Gasteiger partial charge is 0.162 e. The molecule has 4 aliphatic rings. The number of Topliss-reactive ketones (excluding diaryl/α,β-unsaturated/α-hetero) is 1. The zero-order chi connectivity index (χ0) is 16.4. The Morgan fingerprint density at radius 2 is 2.09 bits per heavy atom. The lowest BCUT2D eigenvalue weighted by Gasteiger charge is -2.53. The molecule has 0 aromatic rings. The Hall–Kier alpha value is -1.35. The number of aliphatic hydroxyl groups excluding tert-OH is 1. The van der Waals surface area contributed by atoms with E-state index in [0.717, 1.165) is 19.3 Å². The summed E-state index contributed by atoms with van der Waals surface area (Å²) in [5.41, 5.74) is 1.42. The van der Waals surface area contributed by atoms with E-state index in [0.29, 0.717) is 29.9 Å². The molecule has 1 N–H and O–H groups in total. The fraction of sp³-hybridized carbons (Fsp3) is 0.650. The van der Waals surface area contributed by atoms with Crippen LogP contribution in [-0.2, 0) is 9.53 Å². The lowest BCUT2D eigenvalue weighted by molar-refractivity contribution is -0.129. The van der Waals surface area contributed by atoms with E-state index in [9.17, 15) is 9.90 Å². The number of ketones is 1. The van der Waals surface area contributed by atoms with Gasteiger partial charge in [0.25, 0.3) is 0 Å². The molecule has 2 saturated carbocycles. The molecule has 0 aliphatic heterocycles. The van der Waals surface area contributed by atoms with E-state index >= 15 is 0 Å². The Kier molecular flexibility index (Phi) is 3.19. The van der Waals surface area contributed by atoms with E-state index in [1.165, 1.54) is 5.57 Å². The number of carbonyl (C=O) groups excluding carboxylic acids is 1. The van der Waals surface area contributed by atoms with Crippen LogP contribution in [0.25, 0.3) is 0 Å². The highest BCUT2D eigenvalue weighted by atomic mass is 16.5. The van der Waals surface area contributed by atoms with Crippen LogP contribution in [0.4, 0.5) is 0 Å². The fourth-order valence-electron chi connectivity index (χ4n) is 5.92. The van der Waals surface area contributed by atoms with Gasteiger partial charge in [0, 0.05) is 24.4 Å².